The normalized spacial score (nSPS) is 15.0. The zero-order chi connectivity index (χ0) is 27.9. The molecule has 41 heavy (non-hydrogen) atoms. The number of furan rings is 1. The Morgan fingerprint density at radius 1 is 0.732 bits per heavy atom. The monoisotopic (exact) mass is 715 g/mol. The number of fused-ring (bicyclic) bond motifs is 4. The molecule has 1 aliphatic rings. The number of benzene rings is 3. The summed E-state index contributed by atoms with van der Waals surface area (Å²) in [6.45, 7) is 11.4. The van der Waals surface area contributed by atoms with E-state index < -0.39 is 0 Å². The van der Waals surface area contributed by atoms with Crippen molar-refractivity contribution in [3.63, 3.8) is 0 Å². The first-order chi connectivity index (χ1) is 19.2. The third-order valence-electron chi connectivity index (χ3n) is 8.30. The first-order valence-corrected chi connectivity index (χ1v) is 14.0. The van der Waals surface area contributed by atoms with Crippen LogP contribution in [0.4, 0.5) is 0 Å². The van der Waals surface area contributed by atoms with Crippen LogP contribution in [0.15, 0.2) is 95.7 Å². The van der Waals surface area contributed by atoms with Gasteiger partial charge in [0.05, 0.1) is 0 Å². The van der Waals surface area contributed by atoms with Crippen LogP contribution in [0.25, 0.3) is 44.5 Å². The molecule has 0 fully saturated rings. The van der Waals surface area contributed by atoms with Crippen molar-refractivity contribution in [1.82, 2.24) is 9.97 Å². The molecule has 3 aromatic heterocycles. The first-order valence-electron chi connectivity index (χ1n) is 14.0. The number of hydrogen-bond acceptors (Lipinski definition) is 3. The molecule has 1 aliphatic carbocycles. The molecular weight excluding hydrogens is 681 g/mol. The molecule has 0 N–H and O–H groups in total. The minimum absolute atomic E-state index is 0. The quantitative estimate of drug-likeness (QED) is 0.168. The van der Waals surface area contributed by atoms with Gasteiger partial charge in [0.1, 0.15) is 11.2 Å². The Hall–Kier alpha value is -3.59. The minimum atomic E-state index is 0. The summed E-state index contributed by atoms with van der Waals surface area (Å²) in [5.41, 5.74) is 10.2. The van der Waals surface area contributed by atoms with Gasteiger partial charge in [-0.1, -0.05) is 63.9 Å². The molecule has 1 radical (unpaired) electrons. The molecule has 6 aromatic rings. The fourth-order valence-electron chi connectivity index (χ4n) is 5.73. The molecule has 0 aliphatic heterocycles. The van der Waals surface area contributed by atoms with Crippen LogP contribution in [0.3, 0.4) is 0 Å². The summed E-state index contributed by atoms with van der Waals surface area (Å²) in [4.78, 5) is 9.06. The number of aryl methyl sites for hydroxylation is 1. The predicted molar refractivity (Wildman–Crippen MR) is 164 cm³/mol. The van der Waals surface area contributed by atoms with Gasteiger partial charge in [-0.3, -0.25) is 0 Å². The minimum Gasteiger partial charge on any atom is -0.457 e. The van der Waals surface area contributed by atoms with Gasteiger partial charge in [0.15, 0.2) is 0 Å². The Labute approximate surface area is 256 Å². The van der Waals surface area contributed by atoms with Gasteiger partial charge in [-0.2, -0.15) is 0 Å². The smallest absolute Gasteiger partial charge is 0.135 e. The molecule has 4 heteroatoms. The number of nitrogens with zero attached hydrogens (tertiary/aromatic N) is 2. The van der Waals surface area contributed by atoms with Crippen LogP contribution in [-0.2, 0) is 30.9 Å². The SMILES string of the molecule is CC1(C)CCC(C)(C)c2cc(-c3cc4oc5ccccc5c4cn3)[c-]cc21.Cc1cccnc1-c1[c-]cccc1.[Ir]. The van der Waals surface area contributed by atoms with Gasteiger partial charge in [0.2, 0.25) is 0 Å². The summed E-state index contributed by atoms with van der Waals surface area (Å²) < 4.78 is 6.05. The maximum absolute atomic E-state index is 6.05. The first kappa shape index (κ1) is 28.9. The largest absolute Gasteiger partial charge is 0.457 e. The van der Waals surface area contributed by atoms with E-state index in [9.17, 15) is 0 Å². The van der Waals surface area contributed by atoms with Crippen LogP contribution in [0.5, 0.6) is 0 Å². The molecule has 7 rings (SSSR count). The van der Waals surface area contributed by atoms with Crippen molar-refractivity contribution in [2.45, 2.75) is 58.3 Å². The second-order valence-corrected chi connectivity index (χ2v) is 12.1. The molecular formula is C37H34IrN2O-2. The van der Waals surface area contributed by atoms with Gasteiger partial charge in [0, 0.05) is 43.3 Å². The third kappa shape index (κ3) is 5.64. The predicted octanol–water partition coefficient (Wildman–Crippen LogP) is 9.65. The van der Waals surface area contributed by atoms with Crippen molar-refractivity contribution in [1.29, 1.82) is 0 Å². The van der Waals surface area contributed by atoms with E-state index >= 15 is 0 Å². The Morgan fingerprint density at radius 3 is 2.24 bits per heavy atom. The molecule has 0 saturated carbocycles. The maximum Gasteiger partial charge on any atom is 0.135 e. The van der Waals surface area contributed by atoms with E-state index in [1.165, 1.54) is 29.5 Å². The Bertz CT molecular complexity index is 1820. The van der Waals surface area contributed by atoms with Crippen LogP contribution in [0.1, 0.15) is 57.2 Å². The van der Waals surface area contributed by atoms with Crippen LogP contribution < -0.4 is 0 Å². The summed E-state index contributed by atoms with van der Waals surface area (Å²) in [6, 6.07) is 33.2. The number of pyridine rings is 2. The molecule has 0 bridgehead atoms. The molecule has 3 aromatic carbocycles. The number of hydrogen-bond donors (Lipinski definition) is 0. The van der Waals surface area contributed by atoms with E-state index in [1.54, 1.807) is 0 Å². The second kappa shape index (κ2) is 11.4. The fraction of sp³-hybridized carbons (Fsp3) is 0.243. The summed E-state index contributed by atoms with van der Waals surface area (Å²) >= 11 is 0. The molecule has 0 amide bonds. The Kier molecular flexibility index (Phi) is 8.01. The fourth-order valence-corrected chi connectivity index (χ4v) is 5.73. The topological polar surface area (TPSA) is 38.9 Å². The van der Waals surface area contributed by atoms with Crippen LogP contribution in [0.2, 0.25) is 0 Å². The molecule has 3 nitrogen and oxygen atoms in total. The average Bonchev–Trinajstić information content (AvgIpc) is 3.34. The van der Waals surface area contributed by atoms with Gasteiger partial charge in [-0.25, -0.2) is 0 Å². The Balaban J connectivity index is 0.000000204. The van der Waals surface area contributed by atoms with E-state index in [0.29, 0.717) is 0 Å². The van der Waals surface area contributed by atoms with E-state index in [2.05, 4.69) is 82.1 Å². The van der Waals surface area contributed by atoms with Crippen molar-refractivity contribution in [3.05, 3.63) is 120 Å². The van der Waals surface area contributed by atoms with E-state index in [4.69, 9.17) is 9.40 Å². The van der Waals surface area contributed by atoms with Crippen LogP contribution in [-0.4, -0.2) is 9.97 Å². The average molecular weight is 715 g/mol. The van der Waals surface area contributed by atoms with Crippen molar-refractivity contribution in [2.75, 3.05) is 0 Å². The summed E-state index contributed by atoms with van der Waals surface area (Å²) in [7, 11) is 0. The number of aromatic nitrogens is 2. The molecule has 0 saturated heterocycles. The zero-order valence-corrected chi connectivity index (χ0v) is 26.6. The second-order valence-electron chi connectivity index (χ2n) is 12.1. The van der Waals surface area contributed by atoms with Crippen molar-refractivity contribution >= 4 is 21.9 Å². The summed E-state index contributed by atoms with van der Waals surface area (Å²) in [5, 5.41) is 2.18. The van der Waals surface area contributed by atoms with Crippen molar-refractivity contribution < 1.29 is 24.5 Å². The van der Waals surface area contributed by atoms with Crippen molar-refractivity contribution in [2.24, 2.45) is 0 Å². The molecule has 0 atom stereocenters. The van der Waals surface area contributed by atoms with Gasteiger partial charge in [-0.05, 0) is 53.8 Å². The van der Waals surface area contributed by atoms with E-state index in [0.717, 1.165) is 44.5 Å². The number of para-hydroxylation sites is 1. The molecule has 0 unspecified atom stereocenters. The number of rotatable bonds is 2. The molecule has 3 heterocycles. The van der Waals surface area contributed by atoms with E-state index in [-0.39, 0.29) is 30.9 Å². The van der Waals surface area contributed by atoms with Gasteiger partial charge in [0.25, 0.3) is 0 Å². The standard InChI is InChI=1S/C25H24NO.C12H10N.Ir/c1-24(2)11-12-25(3,4)20-13-16(9-10-19(20)24)21-14-23-18(15-26-21)17-7-5-6-8-22(17)27-23;1-10-6-5-9-13-12(10)11-7-3-2-4-8-11;/h5-8,10,13-15H,11-12H2,1-4H3;2-7,9H,1H3;/q2*-1;. The zero-order valence-electron chi connectivity index (χ0n) is 24.2. The third-order valence-corrected chi connectivity index (χ3v) is 8.30. The van der Waals surface area contributed by atoms with E-state index in [1.807, 2.05) is 60.9 Å². The summed E-state index contributed by atoms with van der Waals surface area (Å²) in [6.07, 6.45) is 6.15. The van der Waals surface area contributed by atoms with Gasteiger partial charge in [-0.15, -0.1) is 70.8 Å². The summed E-state index contributed by atoms with van der Waals surface area (Å²) in [5.74, 6) is 0. The Morgan fingerprint density at radius 2 is 1.49 bits per heavy atom. The van der Waals surface area contributed by atoms with Gasteiger partial charge < -0.3 is 14.4 Å². The van der Waals surface area contributed by atoms with Crippen LogP contribution in [0, 0.1) is 19.1 Å². The van der Waals surface area contributed by atoms with Crippen LogP contribution >= 0.6 is 0 Å². The molecule has 0 spiro atoms. The maximum atomic E-state index is 6.05. The van der Waals surface area contributed by atoms with Gasteiger partial charge >= 0.3 is 0 Å². The molecule has 209 valence electrons. The van der Waals surface area contributed by atoms with Crippen molar-refractivity contribution in [3.8, 4) is 22.5 Å².